The number of hydrogen-bond donors (Lipinski definition) is 3. The molecule has 0 fully saturated rings. The van der Waals surface area contributed by atoms with E-state index in [0.29, 0.717) is 36.6 Å². The van der Waals surface area contributed by atoms with Gasteiger partial charge in [0.25, 0.3) is 11.9 Å². The highest BCUT2D eigenvalue weighted by Gasteiger charge is 2.20. The summed E-state index contributed by atoms with van der Waals surface area (Å²) in [6.45, 7) is 0.248. The monoisotopic (exact) mass is 618 g/mol. The maximum absolute atomic E-state index is 13.7. The molecule has 0 unspecified atom stereocenters. The van der Waals surface area contributed by atoms with Gasteiger partial charge in [-0.1, -0.05) is 70.0 Å². The van der Waals surface area contributed by atoms with E-state index in [-0.39, 0.29) is 24.4 Å². The van der Waals surface area contributed by atoms with E-state index < -0.39 is 0 Å². The van der Waals surface area contributed by atoms with Crippen LogP contribution >= 0.6 is 34.5 Å². The third-order valence-electron chi connectivity index (χ3n) is 6.88. The summed E-state index contributed by atoms with van der Waals surface area (Å²) in [5.41, 5.74) is 5.09. The van der Waals surface area contributed by atoms with Gasteiger partial charge < -0.3 is 0 Å². The Morgan fingerprint density at radius 2 is 1.79 bits per heavy atom. The van der Waals surface area contributed by atoms with Gasteiger partial charge in [0.1, 0.15) is 0 Å². The van der Waals surface area contributed by atoms with Crippen LogP contribution in [0.4, 0.5) is 21.6 Å². The number of rotatable bonds is 7. The van der Waals surface area contributed by atoms with Crippen molar-refractivity contribution >= 4 is 79.0 Å². The number of nitrogens with zero attached hydrogens (tertiary/aromatic N) is 5. The van der Waals surface area contributed by atoms with Crippen molar-refractivity contribution < 1.29 is 9.59 Å². The predicted octanol–water partition coefficient (Wildman–Crippen LogP) is 7.56. The third-order valence-corrected chi connectivity index (χ3v) is 8.80. The molecule has 3 N–H and O–H groups in total. The molecule has 0 saturated heterocycles. The standard InChI is InChI=1S/C29H24Cl2N8O2S/c30-22-14-15-23-25(24(22)31)42-28(32-23)34-29(41)39(21-12-10-19(11-13-21)18-4-2-1-3-5-18)16-17-6-8-20(9-7-17)26(40)33-27-35-37-38-36-27/h4,6-15H,1-3,5,16H2,(H,32,34,41)(H2,33,35,36,37,38,40). The zero-order valence-electron chi connectivity index (χ0n) is 22.1. The number of aromatic nitrogens is 5. The molecular formula is C29H24Cl2N8O2S. The number of tetrazole rings is 1. The summed E-state index contributed by atoms with van der Waals surface area (Å²) in [6, 6.07) is 18.0. The number of carbonyl (C=O) groups excluding carboxylic acids is 2. The van der Waals surface area contributed by atoms with Crippen LogP contribution in [0.1, 0.15) is 47.2 Å². The molecular weight excluding hydrogens is 595 g/mol. The van der Waals surface area contributed by atoms with Gasteiger partial charge in [-0.2, -0.15) is 5.21 Å². The Hall–Kier alpha value is -4.32. The molecule has 42 heavy (non-hydrogen) atoms. The molecule has 6 rings (SSSR count). The fourth-order valence-corrected chi connectivity index (χ4v) is 6.10. The van der Waals surface area contributed by atoms with Gasteiger partial charge in [-0.05, 0) is 84.0 Å². The molecule has 0 bridgehead atoms. The van der Waals surface area contributed by atoms with E-state index in [1.165, 1.54) is 29.8 Å². The number of benzene rings is 3. The summed E-state index contributed by atoms with van der Waals surface area (Å²) in [5, 5.41) is 19.9. The number of H-pyrrole nitrogens is 1. The number of allylic oxidation sites excluding steroid dienone is 2. The molecule has 0 spiro atoms. The molecule has 0 saturated carbocycles. The lowest BCUT2D eigenvalue weighted by Crippen LogP contribution is -2.34. The van der Waals surface area contributed by atoms with Crippen LogP contribution in [0.15, 0.2) is 66.7 Å². The van der Waals surface area contributed by atoms with Gasteiger partial charge in [-0.15, -0.1) is 5.10 Å². The van der Waals surface area contributed by atoms with E-state index in [1.54, 1.807) is 41.3 Å². The fourth-order valence-electron chi connectivity index (χ4n) is 4.72. The number of urea groups is 1. The Morgan fingerprint density at radius 1 is 0.976 bits per heavy atom. The molecule has 1 aliphatic rings. The molecule has 0 aliphatic heterocycles. The van der Waals surface area contributed by atoms with E-state index in [1.807, 2.05) is 12.1 Å². The Morgan fingerprint density at radius 3 is 2.50 bits per heavy atom. The fraction of sp³-hybridized carbons (Fsp3) is 0.172. The minimum Gasteiger partial charge on any atom is -0.290 e. The largest absolute Gasteiger partial charge is 0.328 e. The van der Waals surface area contributed by atoms with E-state index >= 15 is 0 Å². The lowest BCUT2D eigenvalue weighted by molar-refractivity contribution is 0.102. The molecule has 0 atom stereocenters. The van der Waals surface area contributed by atoms with Crippen molar-refractivity contribution in [2.75, 3.05) is 15.5 Å². The Kier molecular flexibility index (Phi) is 8.13. The third kappa shape index (κ3) is 6.13. The second kappa shape index (κ2) is 12.3. The first-order chi connectivity index (χ1) is 20.4. The first-order valence-corrected chi connectivity index (χ1v) is 14.8. The van der Waals surface area contributed by atoms with Crippen molar-refractivity contribution in [1.82, 2.24) is 25.6 Å². The number of amides is 3. The quantitative estimate of drug-likeness (QED) is 0.172. The highest BCUT2D eigenvalue weighted by Crippen LogP contribution is 2.37. The average molecular weight is 620 g/mol. The van der Waals surface area contributed by atoms with Crippen molar-refractivity contribution in [3.8, 4) is 0 Å². The van der Waals surface area contributed by atoms with Crippen molar-refractivity contribution in [1.29, 1.82) is 0 Å². The van der Waals surface area contributed by atoms with E-state index in [2.05, 4.69) is 54.5 Å². The van der Waals surface area contributed by atoms with Gasteiger partial charge in [-0.3, -0.25) is 20.3 Å². The normalized spacial score (nSPS) is 13.0. The van der Waals surface area contributed by atoms with Crippen LogP contribution in [0.3, 0.4) is 0 Å². The summed E-state index contributed by atoms with van der Waals surface area (Å²) < 4.78 is 0.700. The van der Waals surface area contributed by atoms with Crippen LogP contribution in [0.2, 0.25) is 10.0 Å². The number of anilines is 3. The number of aromatic amines is 1. The molecule has 13 heteroatoms. The average Bonchev–Trinajstić information content (AvgIpc) is 3.69. The van der Waals surface area contributed by atoms with Crippen molar-refractivity contribution in [3.63, 3.8) is 0 Å². The molecule has 1 aliphatic carbocycles. The Bertz CT molecular complexity index is 1770. The molecule has 5 aromatic rings. The molecule has 2 heterocycles. The number of hydrogen-bond acceptors (Lipinski definition) is 7. The maximum Gasteiger partial charge on any atom is 0.328 e. The van der Waals surface area contributed by atoms with Crippen LogP contribution < -0.4 is 15.5 Å². The summed E-state index contributed by atoms with van der Waals surface area (Å²) >= 11 is 13.8. The smallest absolute Gasteiger partial charge is 0.290 e. The topological polar surface area (TPSA) is 129 Å². The molecule has 2 aromatic heterocycles. The lowest BCUT2D eigenvalue weighted by Gasteiger charge is -2.23. The molecule has 212 valence electrons. The highest BCUT2D eigenvalue weighted by atomic mass is 35.5. The highest BCUT2D eigenvalue weighted by molar-refractivity contribution is 7.23. The second-order valence-electron chi connectivity index (χ2n) is 9.65. The zero-order valence-corrected chi connectivity index (χ0v) is 24.4. The van der Waals surface area contributed by atoms with Gasteiger partial charge >= 0.3 is 6.03 Å². The van der Waals surface area contributed by atoms with Crippen molar-refractivity contribution in [3.05, 3.63) is 93.5 Å². The number of carbonyl (C=O) groups is 2. The molecule has 10 nitrogen and oxygen atoms in total. The Balaban J connectivity index is 1.25. The summed E-state index contributed by atoms with van der Waals surface area (Å²) in [7, 11) is 0. The minimum absolute atomic E-state index is 0.0813. The van der Waals surface area contributed by atoms with E-state index in [0.717, 1.165) is 24.0 Å². The summed E-state index contributed by atoms with van der Waals surface area (Å²) in [5.74, 6) is -0.294. The predicted molar refractivity (Wildman–Crippen MR) is 166 cm³/mol. The first-order valence-electron chi connectivity index (χ1n) is 13.2. The van der Waals surface area contributed by atoms with Crippen LogP contribution in [0.5, 0.6) is 0 Å². The number of halogens is 2. The zero-order chi connectivity index (χ0) is 29.1. The second-order valence-corrected chi connectivity index (χ2v) is 11.4. The SMILES string of the molecule is O=C(Nc1nn[nH]n1)c1ccc(CN(C(=O)Nc2nc3ccc(Cl)c(Cl)c3s2)c2ccc(C3=CCCCC3)cc2)cc1. The number of thiazole rings is 1. The van der Waals surface area contributed by atoms with Crippen molar-refractivity contribution in [2.45, 2.75) is 32.2 Å². The molecule has 0 radical (unpaired) electrons. The molecule has 3 amide bonds. The van der Waals surface area contributed by atoms with E-state index in [4.69, 9.17) is 23.2 Å². The van der Waals surface area contributed by atoms with E-state index in [9.17, 15) is 9.59 Å². The van der Waals surface area contributed by atoms with Gasteiger partial charge in [0, 0.05) is 11.3 Å². The minimum atomic E-state index is -0.375. The lowest BCUT2D eigenvalue weighted by atomic mass is 9.93. The maximum atomic E-state index is 13.7. The van der Waals surface area contributed by atoms with Crippen LogP contribution in [-0.2, 0) is 6.54 Å². The summed E-state index contributed by atoms with van der Waals surface area (Å²) in [4.78, 5) is 32.4. The number of nitrogens with one attached hydrogen (secondary N) is 3. The van der Waals surface area contributed by atoms with Gasteiger partial charge in [0.05, 0.1) is 26.8 Å². The van der Waals surface area contributed by atoms with Crippen molar-refractivity contribution in [2.24, 2.45) is 0 Å². The Labute approximate surface area is 254 Å². The molecule has 3 aromatic carbocycles. The summed E-state index contributed by atoms with van der Waals surface area (Å²) in [6.07, 6.45) is 6.84. The van der Waals surface area contributed by atoms with Gasteiger partial charge in [0.2, 0.25) is 0 Å². The van der Waals surface area contributed by atoms with Gasteiger partial charge in [0.15, 0.2) is 5.13 Å². The van der Waals surface area contributed by atoms with Crippen LogP contribution in [0.25, 0.3) is 15.8 Å². The number of fused-ring (bicyclic) bond motifs is 1. The van der Waals surface area contributed by atoms with Crippen LogP contribution in [0, 0.1) is 0 Å². The van der Waals surface area contributed by atoms with Gasteiger partial charge in [-0.25, -0.2) is 9.78 Å². The van der Waals surface area contributed by atoms with Crippen LogP contribution in [-0.4, -0.2) is 37.5 Å². The first kappa shape index (κ1) is 27.8.